The summed E-state index contributed by atoms with van der Waals surface area (Å²) in [5.74, 6) is 1.19. The van der Waals surface area contributed by atoms with Gasteiger partial charge in [0.05, 0.1) is 16.8 Å². The van der Waals surface area contributed by atoms with Gasteiger partial charge >= 0.3 is 0 Å². The molecule has 0 aromatic heterocycles. The fourth-order valence-electron chi connectivity index (χ4n) is 3.22. The maximum Gasteiger partial charge on any atom is 0.265 e. The number of para-hydroxylation sites is 1. The zero-order valence-electron chi connectivity index (χ0n) is 15.2. The highest BCUT2D eigenvalue weighted by Crippen LogP contribution is 2.38. The van der Waals surface area contributed by atoms with E-state index in [1.54, 1.807) is 18.2 Å². The van der Waals surface area contributed by atoms with Crippen LogP contribution in [0.5, 0.6) is 17.2 Å². The zero-order chi connectivity index (χ0) is 19.7. The largest absolute Gasteiger partial charge is 0.486 e. The highest BCUT2D eigenvalue weighted by atomic mass is 35.5. The summed E-state index contributed by atoms with van der Waals surface area (Å²) >= 11 is 6.13. The number of nitrogens with zero attached hydrogens (tertiary/aromatic N) is 1. The van der Waals surface area contributed by atoms with E-state index in [2.05, 4.69) is 5.32 Å². The number of halogens is 1. The number of rotatable bonds is 4. The summed E-state index contributed by atoms with van der Waals surface area (Å²) in [4.78, 5) is 26.2. The van der Waals surface area contributed by atoms with Gasteiger partial charge in [0, 0.05) is 0 Å². The standard InChI is InChI=1S/C20H19ClN2O5/c1-12(13-5-6-16-17(9-13)27-8-7-26-16)22-18(24)10-23-15-4-2-3-14(21)20(15)28-11-19(23)25/h2-6,9,12H,7-8,10-11H2,1H3,(H,22,24). The molecular formula is C20H19ClN2O5. The van der Waals surface area contributed by atoms with Gasteiger partial charge in [0.2, 0.25) is 5.91 Å². The molecule has 0 fully saturated rings. The molecule has 1 N–H and O–H groups in total. The van der Waals surface area contributed by atoms with Gasteiger partial charge in [-0.3, -0.25) is 14.5 Å². The second kappa shape index (κ2) is 7.59. The first kappa shape index (κ1) is 18.4. The van der Waals surface area contributed by atoms with E-state index in [4.69, 9.17) is 25.8 Å². The molecule has 146 valence electrons. The van der Waals surface area contributed by atoms with Crippen LogP contribution in [0.25, 0.3) is 0 Å². The molecule has 0 bridgehead atoms. The Morgan fingerprint density at radius 2 is 1.96 bits per heavy atom. The summed E-state index contributed by atoms with van der Waals surface area (Å²) in [5.41, 5.74) is 1.38. The Kier molecular flexibility index (Phi) is 5.00. The van der Waals surface area contributed by atoms with Gasteiger partial charge in [0.1, 0.15) is 19.8 Å². The van der Waals surface area contributed by atoms with Crippen LogP contribution in [-0.4, -0.2) is 38.2 Å². The summed E-state index contributed by atoms with van der Waals surface area (Å²) < 4.78 is 16.5. The third-order valence-corrected chi connectivity index (χ3v) is 4.92. The monoisotopic (exact) mass is 402 g/mol. The van der Waals surface area contributed by atoms with Crippen molar-refractivity contribution in [3.8, 4) is 17.2 Å². The lowest BCUT2D eigenvalue weighted by Crippen LogP contribution is -2.45. The van der Waals surface area contributed by atoms with Crippen LogP contribution in [0.3, 0.4) is 0 Å². The van der Waals surface area contributed by atoms with E-state index in [-0.39, 0.29) is 31.0 Å². The van der Waals surface area contributed by atoms with Crippen molar-refractivity contribution in [3.05, 3.63) is 47.0 Å². The average Bonchev–Trinajstić information content (AvgIpc) is 2.70. The molecule has 2 aliphatic rings. The SMILES string of the molecule is CC(NC(=O)CN1C(=O)COc2c(Cl)cccc21)c1ccc2c(c1)OCCO2. The molecule has 0 saturated carbocycles. The predicted molar refractivity (Wildman–Crippen MR) is 103 cm³/mol. The maximum absolute atomic E-state index is 12.6. The molecule has 7 nitrogen and oxygen atoms in total. The number of hydrogen-bond donors (Lipinski definition) is 1. The molecule has 2 aromatic rings. The number of benzene rings is 2. The van der Waals surface area contributed by atoms with Crippen molar-refractivity contribution in [2.24, 2.45) is 0 Å². The average molecular weight is 403 g/mol. The summed E-state index contributed by atoms with van der Waals surface area (Å²) in [6.07, 6.45) is 0. The topological polar surface area (TPSA) is 77.1 Å². The molecule has 2 heterocycles. The van der Waals surface area contributed by atoms with E-state index >= 15 is 0 Å². The lowest BCUT2D eigenvalue weighted by Gasteiger charge is -2.29. The number of amides is 2. The number of ether oxygens (including phenoxy) is 3. The minimum Gasteiger partial charge on any atom is -0.486 e. The van der Waals surface area contributed by atoms with Crippen LogP contribution in [0.15, 0.2) is 36.4 Å². The van der Waals surface area contributed by atoms with Gasteiger partial charge in [-0.1, -0.05) is 23.7 Å². The molecule has 2 amide bonds. The van der Waals surface area contributed by atoms with Crippen LogP contribution in [0.1, 0.15) is 18.5 Å². The molecule has 1 unspecified atom stereocenters. The first-order valence-corrected chi connectivity index (χ1v) is 9.31. The number of carbonyl (C=O) groups is 2. The first-order valence-electron chi connectivity index (χ1n) is 8.93. The number of hydrogen-bond acceptors (Lipinski definition) is 5. The Bertz CT molecular complexity index is 933. The summed E-state index contributed by atoms with van der Waals surface area (Å²) in [6.45, 7) is 2.62. The van der Waals surface area contributed by atoms with Crippen molar-refractivity contribution in [2.75, 3.05) is 31.3 Å². The highest BCUT2D eigenvalue weighted by Gasteiger charge is 2.29. The number of anilines is 1. The molecule has 4 rings (SSSR count). The Morgan fingerprint density at radius 3 is 2.79 bits per heavy atom. The summed E-state index contributed by atoms with van der Waals surface area (Å²) in [5, 5.41) is 3.32. The third kappa shape index (κ3) is 3.57. The second-order valence-electron chi connectivity index (χ2n) is 6.55. The number of nitrogens with one attached hydrogen (secondary N) is 1. The predicted octanol–water partition coefficient (Wildman–Crippen LogP) is 2.71. The Labute approximate surface area is 167 Å². The fraction of sp³-hybridized carbons (Fsp3) is 0.300. The van der Waals surface area contributed by atoms with Crippen molar-refractivity contribution in [2.45, 2.75) is 13.0 Å². The smallest absolute Gasteiger partial charge is 0.265 e. The number of fused-ring (bicyclic) bond motifs is 2. The lowest BCUT2D eigenvalue weighted by atomic mass is 10.1. The van der Waals surface area contributed by atoms with E-state index in [1.165, 1.54) is 4.90 Å². The molecule has 1 atom stereocenters. The van der Waals surface area contributed by atoms with Crippen molar-refractivity contribution in [3.63, 3.8) is 0 Å². The summed E-state index contributed by atoms with van der Waals surface area (Å²) in [6, 6.07) is 10.4. The van der Waals surface area contributed by atoms with Crippen molar-refractivity contribution in [1.29, 1.82) is 0 Å². The quantitative estimate of drug-likeness (QED) is 0.850. The van der Waals surface area contributed by atoms with Crippen molar-refractivity contribution < 1.29 is 23.8 Å². The molecule has 0 saturated heterocycles. The number of carbonyl (C=O) groups excluding carboxylic acids is 2. The van der Waals surface area contributed by atoms with E-state index in [9.17, 15) is 9.59 Å². The van der Waals surface area contributed by atoms with Crippen LogP contribution >= 0.6 is 11.6 Å². The lowest BCUT2D eigenvalue weighted by molar-refractivity contribution is -0.125. The first-order chi connectivity index (χ1) is 13.5. The van der Waals surface area contributed by atoms with Gasteiger partial charge in [-0.05, 0) is 36.8 Å². The molecule has 8 heteroatoms. The van der Waals surface area contributed by atoms with E-state index in [0.717, 1.165) is 5.56 Å². The van der Waals surface area contributed by atoms with Gasteiger partial charge in [0.15, 0.2) is 23.9 Å². The van der Waals surface area contributed by atoms with Crippen LogP contribution in [0.2, 0.25) is 5.02 Å². The Morgan fingerprint density at radius 1 is 1.18 bits per heavy atom. The van der Waals surface area contributed by atoms with Gasteiger partial charge in [0.25, 0.3) is 5.91 Å². The van der Waals surface area contributed by atoms with Crippen molar-refractivity contribution in [1.82, 2.24) is 5.32 Å². The van der Waals surface area contributed by atoms with E-state index in [1.807, 2.05) is 25.1 Å². The molecule has 2 aromatic carbocycles. The fourth-order valence-corrected chi connectivity index (χ4v) is 3.44. The van der Waals surface area contributed by atoms with E-state index < -0.39 is 0 Å². The Balaban J connectivity index is 1.46. The maximum atomic E-state index is 12.6. The zero-order valence-corrected chi connectivity index (χ0v) is 16.0. The molecule has 2 aliphatic heterocycles. The summed E-state index contributed by atoms with van der Waals surface area (Å²) in [7, 11) is 0. The van der Waals surface area contributed by atoms with Gasteiger partial charge in [-0.25, -0.2) is 0 Å². The van der Waals surface area contributed by atoms with Gasteiger partial charge < -0.3 is 19.5 Å². The van der Waals surface area contributed by atoms with Crippen LogP contribution < -0.4 is 24.4 Å². The van der Waals surface area contributed by atoms with Crippen LogP contribution in [-0.2, 0) is 9.59 Å². The minimum absolute atomic E-state index is 0.121. The van der Waals surface area contributed by atoms with Crippen LogP contribution in [0.4, 0.5) is 5.69 Å². The molecule has 28 heavy (non-hydrogen) atoms. The molecular weight excluding hydrogens is 384 g/mol. The third-order valence-electron chi connectivity index (χ3n) is 4.62. The van der Waals surface area contributed by atoms with Gasteiger partial charge in [-0.2, -0.15) is 0 Å². The molecule has 0 aliphatic carbocycles. The molecule has 0 spiro atoms. The highest BCUT2D eigenvalue weighted by molar-refractivity contribution is 6.32. The van der Waals surface area contributed by atoms with E-state index in [0.29, 0.717) is 41.2 Å². The van der Waals surface area contributed by atoms with Crippen molar-refractivity contribution >= 4 is 29.1 Å². The van der Waals surface area contributed by atoms with Gasteiger partial charge in [-0.15, -0.1) is 0 Å². The normalized spacial score (nSPS) is 16.1. The van der Waals surface area contributed by atoms with Crippen LogP contribution in [0, 0.1) is 0 Å². The molecule has 0 radical (unpaired) electrons. The Hall–Kier alpha value is -2.93. The second-order valence-corrected chi connectivity index (χ2v) is 6.96. The minimum atomic E-state index is -0.295.